The Bertz CT molecular complexity index is 610. The largest absolute Gasteiger partial charge is 0.497 e. The topological polar surface area (TPSA) is 68.7 Å². The molecule has 1 heterocycles. The number of methoxy groups -OCH3 is 1. The number of aromatic carboxylic acids is 1. The summed E-state index contributed by atoms with van der Waals surface area (Å²) in [6, 6.07) is 8.52. The maximum absolute atomic E-state index is 11.2. The van der Waals surface area contributed by atoms with Gasteiger partial charge in [0.25, 0.3) is 0 Å². The van der Waals surface area contributed by atoms with Crippen molar-refractivity contribution in [1.29, 1.82) is 0 Å². The fourth-order valence-corrected chi connectivity index (χ4v) is 1.65. The van der Waals surface area contributed by atoms with Gasteiger partial charge in [-0.15, -0.1) is 0 Å². The smallest absolute Gasteiger partial charge is 0.341 e. The van der Waals surface area contributed by atoms with Crippen molar-refractivity contribution in [2.24, 2.45) is 0 Å². The molecule has 1 N–H and O–H groups in total. The fourth-order valence-electron chi connectivity index (χ4n) is 1.65. The molecule has 1 aromatic heterocycles. The number of hydrogen-bond acceptors (Lipinski definition) is 4. The Morgan fingerprint density at radius 1 is 1.26 bits per heavy atom. The van der Waals surface area contributed by atoms with Crippen molar-refractivity contribution >= 4 is 5.97 Å². The number of carbonyl (C=O) groups is 1. The lowest BCUT2D eigenvalue weighted by atomic mass is 10.1. The normalized spacial score (nSPS) is 10.0. The van der Waals surface area contributed by atoms with Crippen LogP contribution in [0, 0.1) is 6.92 Å². The van der Waals surface area contributed by atoms with Gasteiger partial charge in [-0.1, -0.05) is 6.07 Å². The predicted octanol–water partition coefficient (Wildman–Crippen LogP) is 2.89. The van der Waals surface area contributed by atoms with Crippen LogP contribution in [-0.2, 0) is 0 Å². The maximum atomic E-state index is 11.2. The van der Waals surface area contributed by atoms with Crippen LogP contribution >= 0.6 is 0 Å². The van der Waals surface area contributed by atoms with Gasteiger partial charge in [0.1, 0.15) is 17.1 Å². The second-order valence-corrected chi connectivity index (χ2v) is 3.89. The molecule has 0 spiro atoms. The molecule has 0 aliphatic heterocycles. The number of benzene rings is 1. The summed E-state index contributed by atoms with van der Waals surface area (Å²) < 4.78 is 10.6. The summed E-state index contributed by atoms with van der Waals surface area (Å²) in [5, 5.41) is 9.18. The van der Waals surface area contributed by atoms with E-state index in [4.69, 9.17) is 9.47 Å². The van der Waals surface area contributed by atoms with E-state index in [2.05, 4.69) is 4.98 Å². The molecule has 0 aliphatic carbocycles. The second-order valence-electron chi connectivity index (χ2n) is 3.89. The molecule has 0 bridgehead atoms. The molecule has 0 fully saturated rings. The van der Waals surface area contributed by atoms with E-state index < -0.39 is 5.97 Å². The Morgan fingerprint density at radius 3 is 2.68 bits per heavy atom. The maximum Gasteiger partial charge on any atom is 0.341 e. The lowest BCUT2D eigenvalue weighted by Gasteiger charge is -2.10. The number of aromatic nitrogens is 1. The van der Waals surface area contributed by atoms with Crippen LogP contribution in [0.4, 0.5) is 0 Å². The molecule has 2 rings (SSSR count). The minimum atomic E-state index is -1.07. The summed E-state index contributed by atoms with van der Waals surface area (Å²) in [5.41, 5.74) is 0.658. The number of hydrogen-bond donors (Lipinski definition) is 1. The van der Waals surface area contributed by atoms with Gasteiger partial charge in [-0.2, -0.15) is 0 Å². The highest BCUT2D eigenvalue weighted by atomic mass is 16.5. The predicted molar refractivity (Wildman–Crippen MR) is 69.0 cm³/mol. The van der Waals surface area contributed by atoms with Gasteiger partial charge in [0.05, 0.1) is 7.11 Å². The zero-order valence-corrected chi connectivity index (χ0v) is 10.6. The third-order valence-corrected chi connectivity index (χ3v) is 2.59. The van der Waals surface area contributed by atoms with Gasteiger partial charge in [-0.25, -0.2) is 9.78 Å². The van der Waals surface area contributed by atoms with Crippen LogP contribution in [-0.4, -0.2) is 23.2 Å². The second kappa shape index (κ2) is 5.39. The third kappa shape index (κ3) is 2.82. The zero-order valence-electron chi connectivity index (χ0n) is 10.6. The first kappa shape index (κ1) is 12.9. The molecular formula is C14H13NO4. The van der Waals surface area contributed by atoms with Crippen molar-refractivity contribution in [1.82, 2.24) is 4.98 Å². The number of aryl methyl sites for hydroxylation is 1. The van der Waals surface area contributed by atoms with Gasteiger partial charge in [-0.05, 0) is 30.7 Å². The highest BCUT2D eigenvalue weighted by Crippen LogP contribution is 2.27. The van der Waals surface area contributed by atoms with Crippen LogP contribution in [0.25, 0.3) is 0 Å². The van der Waals surface area contributed by atoms with Gasteiger partial charge in [0.15, 0.2) is 0 Å². The number of rotatable bonds is 4. The molecule has 0 amide bonds. The van der Waals surface area contributed by atoms with Crippen LogP contribution < -0.4 is 9.47 Å². The molecule has 2 aromatic rings. The Labute approximate surface area is 110 Å². The molecule has 0 saturated carbocycles. The standard InChI is InChI=1S/C14H13NO4/c1-9-6-7-15-13(12(9)14(16)17)19-11-5-3-4-10(8-11)18-2/h3-8H,1-2H3,(H,16,17). The molecule has 0 atom stereocenters. The molecule has 5 nitrogen and oxygen atoms in total. The monoisotopic (exact) mass is 259 g/mol. The first-order chi connectivity index (χ1) is 9.11. The molecule has 0 saturated heterocycles. The average Bonchev–Trinajstić information content (AvgIpc) is 2.38. The Hall–Kier alpha value is -2.56. The summed E-state index contributed by atoms with van der Waals surface area (Å²) in [6.07, 6.45) is 1.51. The van der Waals surface area contributed by atoms with Crippen LogP contribution in [0.2, 0.25) is 0 Å². The summed E-state index contributed by atoms with van der Waals surface area (Å²) in [4.78, 5) is 15.2. The minimum absolute atomic E-state index is 0.0605. The van der Waals surface area contributed by atoms with E-state index in [1.54, 1.807) is 44.4 Å². The van der Waals surface area contributed by atoms with Gasteiger partial charge in [-0.3, -0.25) is 0 Å². The van der Waals surface area contributed by atoms with Crippen LogP contribution in [0.3, 0.4) is 0 Å². The molecule has 0 aliphatic rings. The molecule has 5 heteroatoms. The van der Waals surface area contributed by atoms with E-state index in [1.807, 2.05) is 0 Å². The van der Waals surface area contributed by atoms with Crippen LogP contribution in [0.1, 0.15) is 15.9 Å². The van der Waals surface area contributed by atoms with Gasteiger partial charge >= 0.3 is 5.97 Å². The first-order valence-corrected chi connectivity index (χ1v) is 5.62. The lowest BCUT2D eigenvalue weighted by molar-refractivity contribution is 0.0692. The fraction of sp³-hybridized carbons (Fsp3) is 0.143. The lowest BCUT2D eigenvalue weighted by Crippen LogP contribution is -2.04. The van der Waals surface area contributed by atoms with Crippen molar-refractivity contribution in [3.05, 3.63) is 47.7 Å². The number of carboxylic acid groups (broad SMARTS) is 1. The van der Waals surface area contributed by atoms with Gasteiger partial charge in [0.2, 0.25) is 5.88 Å². The molecule has 1 aromatic carbocycles. The Morgan fingerprint density at radius 2 is 2.00 bits per heavy atom. The van der Waals surface area contributed by atoms with Crippen LogP contribution in [0.15, 0.2) is 36.5 Å². The highest BCUT2D eigenvalue weighted by molar-refractivity contribution is 5.91. The van der Waals surface area contributed by atoms with Crippen molar-refractivity contribution in [2.75, 3.05) is 7.11 Å². The quantitative estimate of drug-likeness (QED) is 0.914. The summed E-state index contributed by atoms with van der Waals surface area (Å²) in [7, 11) is 1.55. The summed E-state index contributed by atoms with van der Waals surface area (Å²) in [6.45, 7) is 1.70. The van der Waals surface area contributed by atoms with Crippen LogP contribution in [0.5, 0.6) is 17.4 Å². The molecule has 0 unspecified atom stereocenters. The Kier molecular flexibility index (Phi) is 3.66. The highest BCUT2D eigenvalue weighted by Gasteiger charge is 2.16. The molecule has 0 radical (unpaired) electrons. The van der Waals surface area contributed by atoms with E-state index in [-0.39, 0.29) is 11.4 Å². The number of nitrogens with zero attached hydrogens (tertiary/aromatic N) is 1. The van der Waals surface area contributed by atoms with E-state index in [1.165, 1.54) is 6.20 Å². The van der Waals surface area contributed by atoms with E-state index in [0.717, 1.165) is 0 Å². The number of pyridine rings is 1. The van der Waals surface area contributed by atoms with Crippen molar-refractivity contribution in [3.63, 3.8) is 0 Å². The van der Waals surface area contributed by atoms with E-state index >= 15 is 0 Å². The minimum Gasteiger partial charge on any atom is -0.497 e. The van der Waals surface area contributed by atoms with E-state index in [9.17, 15) is 9.90 Å². The van der Waals surface area contributed by atoms with E-state index in [0.29, 0.717) is 17.1 Å². The SMILES string of the molecule is COc1cccc(Oc2nccc(C)c2C(=O)O)c1. The summed E-state index contributed by atoms with van der Waals surface area (Å²) >= 11 is 0. The molecule has 19 heavy (non-hydrogen) atoms. The summed E-state index contributed by atoms with van der Waals surface area (Å²) in [5.74, 6) is 0.103. The third-order valence-electron chi connectivity index (χ3n) is 2.59. The molecule has 98 valence electrons. The molecular weight excluding hydrogens is 246 g/mol. The number of ether oxygens (including phenoxy) is 2. The number of carboxylic acids is 1. The Balaban J connectivity index is 2.38. The van der Waals surface area contributed by atoms with Crippen molar-refractivity contribution in [3.8, 4) is 17.4 Å². The average molecular weight is 259 g/mol. The zero-order chi connectivity index (χ0) is 13.8. The van der Waals surface area contributed by atoms with Crippen molar-refractivity contribution in [2.45, 2.75) is 6.92 Å². The van der Waals surface area contributed by atoms with Gasteiger partial charge in [0, 0.05) is 12.3 Å². The first-order valence-electron chi connectivity index (χ1n) is 5.62. The van der Waals surface area contributed by atoms with Crippen molar-refractivity contribution < 1.29 is 19.4 Å². The van der Waals surface area contributed by atoms with Gasteiger partial charge < -0.3 is 14.6 Å².